The second-order valence-electron chi connectivity index (χ2n) is 8.58. The van der Waals surface area contributed by atoms with Gasteiger partial charge >= 0.3 is 0 Å². The Bertz CT molecular complexity index is 1440. The average Bonchev–Trinajstić information content (AvgIpc) is 3.41. The molecule has 3 aromatic carbocycles. The molecule has 7 nitrogen and oxygen atoms in total. The SMILES string of the molecule is CCNc1ccc(/C(C)=N/O)cc1/N=C1\S/C(=C2\Sc3ccccc3N2C)C(=O)N1Cc1ccccc1. The van der Waals surface area contributed by atoms with Crippen LogP contribution in [0.5, 0.6) is 0 Å². The third-order valence-corrected chi connectivity index (χ3v) is 8.56. The fourth-order valence-electron chi connectivity index (χ4n) is 4.17. The van der Waals surface area contributed by atoms with E-state index in [-0.39, 0.29) is 5.91 Å². The summed E-state index contributed by atoms with van der Waals surface area (Å²) in [5.41, 5.74) is 4.88. The molecular weight excluding hydrogens is 502 g/mol. The molecular formula is C28H27N5O2S2. The van der Waals surface area contributed by atoms with Crippen LogP contribution in [0.25, 0.3) is 0 Å². The van der Waals surface area contributed by atoms with Crippen molar-refractivity contribution in [3.05, 3.63) is 93.9 Å². The molecule has 0 bridgehead atoms. The number of nitrogens with one attached hydrogen (secondary N) is 1. The van der Waals surface area contributed by atoms with Crippen LogP contribution in [0.4, 0.5) is 17.1 Å². The monoisotopic (exact) mass is 529 g/mol. The zero-order valence-corrected chi connectivity index (χ0v) is 22.4. The van der Waals surface area contributed by atoms with Crippen LogP contribution in [0.2, 0.25) is 0 Å². The fourth-order valence-corrected chi connectivity index (χ4v) is 6.51. The molecule has 0 unspecified atom stereocenters. The number of oxime groups is 1. The molecule has 0 spiro atoms. The van der Waals surface area contributed by atoms with E-state index in [2.05, 4.69) is 27.5 Å². The van der Waals surface area contributed by atoms with E-state index in [1.165, 1.54) is 11.8 Å². The number of carbonyl (C=O) groups excluding carboxylic acids is 1. The molecule has 2 aliphatic rings. The maximum absolute atomic E-state index is 13.9. The summed E-state index contributed by atoms with van der Waals surface area (Å²) in [4.78, 5) is 24.5. The van der Waals surface area contributed by atoms with E-state index in [0.717, 1.165) is 39.0 Å². The first-order valence-electron chi connectivity index (χ1n) is 11.9. The number of amides is 1. The highest BCUT2D eigenvalue weighted by Gasteiger charge is 2.39. The van der Waals surface area contributed by atoms with Crippen LogP contribution in [0.1, 0.15) is 25.0 Å². The first-order valence-corrected chi connectivity index (χ1v) is 13.6. The Morgan fingerprint density at radius 3 is 2.51 bits per heavy atom. The molecule has 2 N–H and O–H groups in total. The van der Waals surface area contributed by atoms with Gasteiger partial charge in [0.1, 0.15) is 4.91 Å². The van der Waals surface area contributed by atoms with Crippen LogP contribution < -0.4 is 10.2 Å². The molecule has 0 aliphatic carbocycles. The number of hydrogen-bond donors (Lipinski definition) is 2. The van der Waals surface area contributed by atoms with E-state index in [1.807, 2.05) is 74.6 Å². The largest absolute Gasteiger partial charge is 0.411 e. The minimum Gasteiger partial charge on any atom is -0.411 e. The van der Waals surface area contributed by atoms with Gasteiger partial charge in [-0.3, -0.25) is 9.69 Å². The van der Waals surface area contributed by atoms with Crippen molar-refractivity contribution in [2.45, 2.75) is 25.3 Å². The quantitative estimate of drug-likeness (QED) is 0.164. The topological polar surface area (TPSA) is 80.5 Å². The van der Waals surface area contributed by atoms with Crippen LogP contribution in [0.15, 0.2) is 97.8 Å². The lowest BCUT2D eigenvalue weighted by molar-refractivity contribution is -0.122. The van der Waals surface area contributed by atoms with Crippen LogP contribution in [0.3, 0.4) is 0 Å². The lowest BCUT2D eigenvalue weighted by Crippen LogP contribution is -2.29. The van der Waals surface area contributed by atoms with Crippen molar-refractivity contribution in [2.75, 3.05) is 23.8 Å². The van der Waals surface area contributed by atoms with E-state index in [4.69, 9.17) is 4.99 Å². The van der Waals surface area contributed by atoms with Crippen LogP contribution in [-0.2, 0) is 11.3 Å². The van der Waals surface area contributed by atoms with Crippen molar-refractivity contribution in [2.24, 2.45) is 10.1 Å². The molecule has 1 fully saturated rings. The minimum atomic E-state index is -0.0657. The predicted octanol–water partition coefficient (Wildman–Crippen LogP) is 6.49. The summed E-state index contributed by atoms with van der Waals surface area (Å²) in [6, 6.07) is 23.8. The van der Waals surface area contributed by atoms with Crippen molar-refractivity contribution >= 4 is 57.4 Å². The van der Waals surface area contributed by atoms with Gasteiger partial charge in [0.2, 0.25) is 0 Å². The van der Waals surface area contributed by atoms with Crippen LogP contribution in [-0.4, -0.2) is 40.5 Å². The second kappa shape index (κ2) is 10.7. The molecule has 9 heteroatoms. The Kier molecular flexibility index (Phi) is 7.25. The number of rotatable bonds is 6. The number of fused-ring (bicyclic) bond motifs is 1. The van der Waals surface area contributed by atoms with Crippen molar-refractivity contribution in [3.63, 3.8) is 0 Å². The first-order chi connectivity index (χ1) is 18.0. The number of anilines is 2. The zero-order chi connectivity index (χ0) is 25.9. The number of carbonyl (C=O) groups is 1. The Morgan fingerprint density at radius 1 is 1.03 bits per heavy atom. The second-order valence-corrected chi connectivity index (χ2v) is 10.6. The van der Waals surface area contributed by atoms with E-state index in [0.29, 0.717) is 28.0 Å². The normalized spacial score (nSPS) is 18.6. The van der Waals surface area contributed by atoms with Crippen LogP contribution in [0, 0.1) is 0 Å². The summed E-state index contributed by atoms with van der Waals surface area (Å²) in [7, 11) is 2.00. The standard InChI is InChI=1S/C28H27N5O2S2/c1-4-29-21-15-14-20(18(2)31-35)16-22(21)30-28-33(17-19-10-6-5-7-11-19)26(34)25(37-28)27-32(3)23-12-8-9-13-24(23)36-27/h5-16,29,35H,4,17H2,1-3H3/b27-25-,30-28-,31-18+. The van der Waals surface area contributed by atoms with Gasteiger partial charge in [0.05, 0.1) is 34.3 Å². The Morgan fingerprint density at radius 2 is 1.78 bits per heavy atom. The summed E-state index contributed by atoms with van der Waals surface area (Å²) in [6.07, 6.45) is 0. The van der Waals surface area contributed by atoms with Gasteiger partial charge in [0.25, 0.3) is 5.91 Å². The van der Waals surface area contributed by atoms with Gasteiger partial charge in [-0.15, -0.1) is 0 Å². The molecule has 188 valence electrons. The highest BCUT2D eigenvalue weighted by Crippen LogP contribution is 2.50. The minimum absolute atomic E-state index is 0.0657. The molecule has 2 heterocycles. The van der Waals surface area contributed by atoms with E-state index >= 15 is 0 Å². The molecule has 3 aromatic rings. The van der Waals surface area contributed by atoms with Crippen molar-refractivity contribution < 1.29 is 10.0 Å². The summed E-state index contributed by atoms with van der Waals surface area (Å²) in [5, 5.41) is 17.5. The highest BCUT2D eigenvalue weighted by molar-refractivity contribution is 8.19. The average molecular weight is 530 g/mol. The lowest BCUT2D eigenvalue weighted by atomic mass is 10.1. The summed E-state index contributed by atoms with van der Waals surface area (Å²) in [5.74, 6) is -0.0657. The van der Waals surface area contributed by atoms with Gasteiger partial charge in [0, 0.05) is 24.1 Å². The number of nitrogens with zero attached hydrogens (tertiary/aromatic N) is 4. The number of para-hydroxylation sites is 1. The molecule has 0 radical (unpaired) electrons. The molecule has 0 saturated carbocycles. The van der Waals surface area contributed by atoms with Gasteiger partial charge in [-0.1, -0.05) is 65.4 Å². The Hall–Kier alpha value is -3.69. The van der Waals surface area contributed by atoms with Gasteiger partial charge in [-0.25, -0.2) is 4.99 Å². The van der Waals surface area contributed by atoms with E-state index in [1.54, 1.807) is 23.6 Å². The van der Waals surface area contributed by atoms with Crippen LogP contribution >= 0.6 is 23.5 Å². The maximum Gasteiger partial charge on any atom is 0.269 e. The molecule has 2 aliphatic heterocycles. The zero-order valence-electron chi connectivity index (χ0n) is 20.8. The molecule has 0 atom stereocenters. The first kappa shape index (κ1) is 25.0. The highest BCUT2D eigenvalue weighted by atomic mass is 32.2. The van der Waals surface area contributed by atoms with Crippen molar-refractivity contribution in [1.29, 1.82) is 0 Å². The number of aliphatic imine (C=N–C) groups is 1. The summed E-state index contributed by atoms with van der Waals surface area (Å²) >= 11 is 3.00. The summed E-state index contributed by atoms with van der Waals surface area (Å²) in [6.45, 7) is 4.90. The number of hydrogen-bond acceptors (Lipinski definition) is 8. The van der Waals surface area contributed by atoms with Gasteiger partial charge in [-0.2, -0.15) is 0 Å². The lowest BCUT2D eigenvalue weighted by Gasteiger charge is -2.17. The summed E-state index contributed by atoms with van der Waals surface area (Å²) < 4.78 is 0. The van der Waals surface area contributed by atoms with Crippen molar-refractivity contribution in [1.82, 2.24) is 4.90 Å². The predicted molar refractivity (Wildman–Crippen MR) is 154 cm³/mol. The third kappa shape index (κ3) is 4.97. The Labute approximate surface area is 225 Å². The fraction of sp³-hybridized carbons (Fsp3) is 0.179. The number of thioether (sulfide) groups is 2. The third-order valence-electron chi connectivity index (χ3n) is 6.13. The molecule has 5 rings (SSSR count). The molecule has 1 saturated heterocycles. The molecule has 0 aromatic heterocycles. The maximum atomic E-state index is 13.9. The van der Waals surface area contributed by atoms with E-state index < -0.39 is 0 Å². The molecule has 1 amide bonds. The number of benzene rings is 3. The van der Waals surface area contributed by atoms with Gasteiger partial charge < -0.3 is 15.4 Å². The van der Waals surface area contributed by atoms with Gasteiger partial charge in [0.15, 0.2) is 5.17 Å². The smallest absolute Gasteiger partial charge is 0.269 e. The number of amidine groups is 1. The molecule has 37 heavy (non-hydrogen) atoms. The van der Waals surface area contributed by atoms with Gasteiger partial charge in [-0.05, 0) is 55.4 Å². The van der Waals surface area contributed by atoms with Crippen molar-refractivity contribution in [3.8, 4) is 0 Å². The Balaban J connectivity index is 1.60. The van der Waals surface area contributed by atoms with E-state index in [9.17, 15) is 10.0 Å².